The third kappa shape index (κ3) is 37.4. The van der Waals surface area contributed by atoms with Crippen LogP contribution >= 0.6 is 11.8 Å². The van der Waals surface area contributed by atoms with Crippen molar-refractivity contribution in [2.45, 2.75) is 207 Å². The molecule has 8 atom stereocenters. The van der Waals surface area contributed by atoms with Gasteiger partial charge >= 0.3 is 48.3 Å². The van der Waals surface area contributed by atoms with E-state index < -0.39 is 119 Å². The first-order valence-corrected chi connectivity index (χ1v) is 42.4. The average Bonchev–Trinajstić information content (AvgIpc) is 1.66. The number of carbonyl (C=O) groups excluding carboxylic acids is 8. The first-order chi connectivity index (χ1) is 59.6. The van der Waals surface area contributed by atoms with Crippen LogP contribution in [0.5, 0.6) is 23.0 Å². The number of nitrogens with one attached hydrogen (secondary N) is 4. The zero-order valence-corrected chi connectivity index (χ0v) is 75.2. The molecule has 10 rings (SSSR count). The van der Waals surface area contributed by atoms with Crippen molar-refractivity contribution in [2.24, 2.45) is 0 Å². The number of ether oxygens (including phenoxy) is 10. The highest BCUT2D eigenvalue weighted by Crippen LogP contribution is 2.26. The van der Waals surface area contributed by atoms with Crippen LogP contribution in [0.4, 0.5) is 19.2 Å². The van der Waals surface area contributed by atoms with Crippen LogP contribution in [0.3, 0.4) is 0 Å². The SMILES string of the molecule is CC(OC(=O)[C@@H](Cc1ccc(O)cc1)NC(=O)OC(C)(C)C)c1ccccc1.CC(OC(=O)[C@@H](Cc1ccc(O)cc1)NC(=O)OC(C)(C)C)c1ccccc1.CC(OC(=O)[C@@H](Cc1ccc(OCOn2nnc3ccccc32)cc1)NC(=O)OC(C)(C)C)c1ccccc1.CSCOc1ccc(C[C@@H](NC(=O)OC(C)(C)C)C(=O)OC(C)c2ccccc2)cc1. The molecule has 29 heteroatoms. The predicted molar refractivity (Wildman–Crippen MR) is 479 cm³/mol. The summed E-state index contributed by atoms with van der Waals surface area (Å²) >= 11 is 1.59. The maximum atomic E-state index is 13.1. The Hall–Kier alpha value is -13.3. The molecule has 0 radical (unpaired) electrons. The summed E-state index contributed by atoms with van der Waals surface area (Å²) in [5.74, 6) is -0.0933. The van der Waals surface area contributed by atoms with Crippen LogP contribution in [0.15, 0.2) is 243 Å². The molecule has 0 spiro atoms. The Kier molecular flexibility index (Phi) is 38.5. The van der Waals surface area contributed by atoms with Crippen LogP contribution < -0.4 is 35.6 Å². The van der Waals surface area contributed by atoms with Gasteiger partial charge < -0.3 is 83.7 Å². The number of fused-ring (bicyclic) bond motifs is 1. The number of aromatic hydroxyl groups is 2. The van der Waals surface area contributed by atoms with Gasteiger partial charge in [-0.05, 0) is 227 Å². The lowest BCUT2D eigenvalue weighted by Gasteiger charge is -2.24. The van der Waals surface area contributed by atoms with E-state index in [1.165, 1.54) is 29.1 Å². The Labute approximate surface area is 740 Å². The number of hydrogen-bond donors (Lipinski definition) is 6. The number of thioether (sulfide) groups is 1. The number of para-hydroxylation sites is 1. The summed E-state index contributed by atoms with van der Waals surface area (Å²) < 4.78 is 54.9. The highest BCUT2D eigenvalue weighted by Gasteiger charge is 2.33. The van der Waals surface area contributed by atoms with Crippen LogP contribution in [0, 0.1) is 0 Å². The molecule has 672 valence electrons. The van der Waals surface area contributed by atoms with E-state index in [1.807, 2.05) is 176 Å². The van der Waals surface area contributed by atoms with E-state index in [9.17, 15) is 48.6 Å². The summed E-state index contributed by atoms with van der Waals surface area (Å²) in [6.07, 6.45) is -1.77. The number of amides is 4. The Morgan fingerprint density at radius 3 is 0.873 bits per heavy atom. The molecule has 4 unspecified atom stereocenters. The van der Waals surface area contributed by atoms with Gasteiger partial charge in [-0.25, -0.2) is 38.4 Å². The van der Waals surface area contributed by atoms with Gasteiger partial charge in [0.15, 0.2) is 0 Å². The molecule has 0 fully saturated rings. The van der Waals surface area contributed by atoms with Gasteiger partial charge in [0.05, 0.1) is 0 Å². The molecule has 4 amide bonds. The van der Waals surface area contributed by atoms with Crippen LogP contribution in [0.2, 0.25) is 0 Å². The second-order valence-corrected chi connectivity index (χ2v) is 33.9. The van der Waals surface area contributed by atoms with Gasteiger partial charge in [0, 0.05) is 25.7 Å². The number of alkyl carbamates (subject to hydrolysis) is 4. The molecule has 1 aromatic heterocycles. The first kappa shape index (κ1) is 99.8. The van der Waals surface area contributed by atoms with Gasteiger partial charge in [-0.2, -0.15) is 0 Å². The van der Waals surface area contributed by atoms with Crippen molar-refractivity contribution < 1.29 is 101 Å². The lowest BCUT2D eigenvalue weighted by Crippen LogP contribution is -2.45. The monoisotopic (exact) mass is 1750 g/mol. The zero-order valence-electron chi connectivity index (χ0n) is 74.4. The molecule has 10 aromatic rings. The third-order valence-corrected chi connectivity index (χ3v) is 18.0. The molecule has 0 saturated heterocycles. The van der Waals surface area contributed by atoms with E-state index in [0.29, 0.717) is 17.2 Å². The first-order valence-electron chi connectivity index (χ1n) is 41.0. The summed E-state index contributed by atoms with van der Waals surface area (Å²) in [5.41, 5.74) is 5.31. The summed E-state index contributed by atoms with van der Waals surface area (Å²) in [7, 11) is 0. The Morgan fingerprint density at radius 1 is 0.349 bits per heavy atom. The van der Waals surface area contributed by atoms with Crippen LogP contribution in [0.25, 0.3) is 11.0 Å². The number of aromatic nitrogens is 3. The largest absolute Gasteiger partial charge is 0.508 e. The molecule has 6 N–H and O–H groups in total. The fourth-order valence-corrected chi connectivity index (χ4v) is 11.9. The maximum Gasteiger partial charge on any atom is 0.408 e. The lowest BCUT2D eigenvalue weighted by atomic mass is 10.1. The maximum absolute atomic E-state index is 13.1. The number of carbonyl (C=O) groups is 8. The van der Waals surface area contributed by atoms with Crippen LogP contribution in [-0.2, 0) is 82.8 Å². The van der Waals surface area contributed by atoms with Crippen molar-refractivity contribution in [1.29, 1.82) is 0 Å². The second kappa shape index (κ2) is 48.7. The summed E-state index contributed by atoms with van der Waals surface area (Å²) in [4.78, 5) is 108. The molecule has 0 bridgehead atoms. The molecule has 0 saturated carbocycles. The molecule has 28 nitrogen and oxygen atoms in total. The van der Waals surface area contributed by atoms with Crippen molar-refractivity contribution >= 4 is 71.0 Å². The number of rotatable bonds is 31. The normalized spacial score (nSPS) is 13.1. The molecule has 9 aromatic carbocycles. The Bertz CT molecular complexity index is 4890. The molecular weight excluding hydrogens is 1630 g/mol. The van der Waals surface area contributed by atoms with Crippen molar-refractivity contribution in [2.75, 3.05) is 19.0 Å². The van der Waals surface area contributed by atoms with Gasteiger partial charge in [-0.3, -0.25) is 0 Å². The molecule has 1 heterocycles. The average molecular weight is 1750 g/mol. The third-order valence-electron chi connectivity index (χ3n) is 17.7. The van der Waals surface area contributed by atoms with Crippen molar-refractivity contribution in [1.82, 2.24) is 36.4 Å². The fourth-order valence-electron chi connectivity index (χ4n) is 11.6. The Balaban J connectivity index is 0.000000233. The number of benzene rings is 9. The van der Waals surface area contributed by atoms with E-state index in [1.54, 1.807) is 171 Å². The van der Waals surface area contributed by atoms with Gasteiger partial charge in [-0.1, -0.05) is 187 Å². The van der Waals surface area contributed by atoms with Crippen molar-refractivity contribution in [3.8, 4) is 23.0 Å². The molecular formula is C97H117N7O21S. The predicted octanol–water partition coefficient (Wildman–Crippen LogP) is 18.0. The van der Waals surface area contributed by atoms with Gasteiger partial charge in [0.1, 0.15) is 111 Å². The molecule has 126 heavy (non-hydrogen) atoms. The van der Waals surface area contributed by atoms with Crippen LogP contribution in [-0.4, -0.2) is 139 Å². The van der Waals surface area contributed by atoms with Crippen molar-refractivity contribution in [3.05, 3.63) is 287 Å². The number of nitrogens with zero attached hydrogens (tertiary/aromatic N) is 3. The van der Waals surface area contributed by atoms with Crippen LogP contribution in [0.1, 0.15) is 180 Å². The molecule has 0 aliphatic heterocycles. The van der Waals surface area contributed by atoms with Gasteiger partial charge in [0.25, 0.3) is 6.79 Å². The number of phenols is 2. The standard InChI is InChI=1S/C29H32N4O6.C24H31NO5S.2C22H27NO5/c1-20(22-10-6-5-7-11-22)38-27(34)25(30-28(35)39-29(2,3)4)18-21-14-16-23(17-15-21)36-19-37-33-26-13-9-8-12-24(26)31-32-33;1-17(19-9-7-6-8-10-19)29-22(26)21(25-23(27)30-24(2,3)4)15-18-11-13-20(14-12-18)28-16-31-5;2*1-15(17-8-6-5-7-9-17)27-20(25)19(23-21(26)28-22(2,3)4)14-16-10-12-18(24)13-11-16/h5-17,20,25H,18-19H2,1-4H3,(H,30,35);6-14,17,21H,15-16H2,1-5H3,(H,25,27);2*5-13,15,19,24H,14H2,1-4H3,(H,23,26)/t20?,25-;17?,21-;2*15?,19-/m1111/s1. The summed E-state index contributed by atoms with van der Waals surface area (Å²) in [6.45, 7) is 28.1. The fraction of sp³-hybridized carbons (Fsp3) is 0.361. The summed E-state index contributed by atoms with van der Waals surface area (Å²) in [5, 5.41) is 37.4. The highest BCUT2D eigenvalue weighted by atomic mass is 32.2. The van der Waals surface area contributed by atoms with E-state index in [0.717, 1.165) is 55.8 Å². The summed E-state index contributed by atoms with van der Waals surface area (Å²) in [6, 6.07) is 68.7. The highest BCUT2D eigenvalue weighted by molar-refractivity contribution is 7.98. The van der Waals surface area contributed by atoms with E-state index in [2.05, 4.69) is 31.6 Å². The number of hydrogen-bond acceptors (Lipinski definition) is 24. The second-order valence-electron chi connectivity index (χ2n) is 33.1. The number of phenolic OH excluding ortho intramolecular Hbond substituents is 2. The van der Waals surface area contributed by atoms with E-state index in [4.69, 9.17) is 52.2 Å². The van der Waals surface area contributed by atoms with E-state index >= 15 is 0 Å². The van der Waals surface area contributed by atoms with E-state index in [-0.39, 0.29) is 44.0 Å². The Morgan fingerprint density at radius 2 is 0.603 bits per heavy atom. The van der Waals surface area contributed by atoms with Crippen molar-refractivity contribution in [3.63, 3.8) is 0 Å². The minimum absolute atomic E-state index is 0.0841. The van der Waals surface area contributed by atoms with Gasteiger partial charge in [-0.15, -0.1) is 16.9 Å². The lowest BCUT2D eigenvalue weighted by molar-refractivity contribution is -0.152. The minimum atomic E-state index is -0.957. The smallest absolute Gasteiger partial charge is 0.408 e. The van der Waals surface area contributed by atoms with Gasteiger partial charge in [0.2, 0.25) is 0 Å². The molecule has 0 aliphatic rings. The molecule has 0 aliphatic carbocycles. The topological polar surface area (TPSA) is 357 Å². The minimum Gasteiger partial charge on any atom is -0.508 e. The zero-order chi connectivity index (χ0) is 92.2. The number of esters is 4. The quantitative estimate of drug-likeness (QED) is 0.0133.